The molecule has 1 aliphatic heterocycles. The van der Waals surface area contributed by atoms with Crippen LogP contribution in [0.5, 0.6) is 0 Å². The lowest BCUT2D eigenvalue weighted by Gasteiger charge is -2.36. The molecule has 1 aromatic carbocycles. The highest BCUT2D eigenvalue weighted by Crippen LogP contribution is 2.22. The Morgan fingerprint density at radius 2 is 1.71 bits per heavy atom. The van der Waals surface area contributed by atoms with Crippen molar-refractivity contribution in [1.29, 1.82) is 0 Å². The molecule has 3 rings (SSSR count). The van der Waals surface area contributed by atoms with Crippen LogP contribution in [-0.2, 0) is 11.3 Å². The van der Waals surface area contributed by atoms with Crippen LogP contribution < -0.4 is 4.90 Å². The van der Waals surface area contributed by atoms with Crippen molar-refractivity contribution in [3.63, 3.8) is 0 Å². The van der Waals surface area contributed by atoms with Gasteiger partial charge in [-0.05, 0) is 45.0 Å². The second-order valence-corrected chi connectivity index (χ2v) is 6.91. The van der Waals surface area contributed by atoms with E-state index in [1.165, 1.54) is 11.6 Å². The lowest BCUT2D eigenvalue weighted by Crippen LogP contribution is -2.49. The normalized spacial score (nSPS) is 14.2. The molecular formula is C19H23N5O4. The Hall–Kier alpha value is -3.23. The van der Waals surface area contributed by atoms with Gasteiger partial charge in [0.1, 0.15) is 17.9 Å². The van der Waals surface area contributed by atoms with E-state index in [0.29, 0.717) is 43.1 Å². The minimum atomic E-state index is -0.463. The molecule has 1 amide bonds. The number of carbonyl (C=O) groups is 2. The Balaban J connectivity index is 1.60. The summed E-state index contributed by atoms with van der Waals surface area (Å²) in [5, 5.41) is 15.2. The van der Waals surface area contributed by atoms with Gasteiger partial charge in [0.15, 0.2) is 5.78 Å². The largest absolute Gasteiger partial charge is 0.368 e. The Kier molecular flexibility index (Phi) is 5.43. The van der Waals surface area contributed by atoms with E-state index in [2.05, 4.69) is 10.00 Å². The molecule has 0 saturated carbocycles. The number of amides is 1. The van der Waals surface area contributed by atoms with Gasteiger partial charge < -0.3 is 9.80 Å². The molecule has 28 heavy (non-hydrogen) atoms. The van der Waals surface area contributed by atoms with E-state index < -0.39 is 4.92 Å². The number of Topliss-reactive ketones (excluding diaryl/α,β-unsaturated/α-hetero) is 1. The number of aromatic nitrogens is 2. The SMILES string of the molecule is CC(=O)c1ccc(N2CCN(C(=O)Cn3nc(C)c([N+](=O)[O-])c3C)CC2)cc1. The van der Waals surface area contributed by atoms with Crippen molar-refractivity contribution in [3.8, 4) is 0 Å². The smallest absolute Gasteiger partial charge is 0.312 e. The topological polar surface area (TPSA) is 102 Å². The quantitative estimate of drug-likeness (QED) is 0.443. The molecule has 1 aromatic heterocycles. The molecule has 1 aliphatic rings. The fourth-order valence-corrected chi connectivity index (χ4v) is 3.45. The number of nitrogens with zero attached hydrogens (tertiary/aromatic N) is 5. The highest BCUT2D eigenvalue weighted by molar-refractivity contribution is 5.94. The zero-order valence-corrected chi connectivity index (χ0v) is 16.2. The highest BCUT2D eigenvalue weighted by Gasteiger charge is 2.26. The second-order valence-electron chi connectivity index (χ2n) is 6.91. The first-order valence-corrected chi connectivity index (χ1v) is 9.10. The van der Waals surface area contributed by atoms with Crippen LogP contribution in [0.15, 0.2) is 24.3 Å². The molecule has 1 fully saturated rings. The molecule has 0 N–H and O–H groups in total. The summed E-state index contributed by atoms with van der Waals surface area (Å²) >= 11 is 0. The summed E-state index contributed by atoms with van der Waals surface area (Å²) in [4.78, 5) is 38.6. The number of nitro groups is 1. The third kappa shape index (κ3) is 3.88. The maximum atomic E-state index is 12.6. The number of rotatable bonds is 5. The summed E-state index contributed by atoms with van der Waals surface area (Å²) in [5.74, 6) is -0.0709. The van der Waals surface area contributed by atoms with Gasteiger partial charge in [0.25, 0.3) is 0 Å². The molecule has 0 radical (unpaired) electrons. The van der Waals surface area contributed by atoms with Crippen LogP contribution in [0.1, 0.15) is 28.7 Å². The average Bonchev–Trinajstić information content (AvgIpc) is 2.95. The summed E-state index contributed by atoms with van der Waals surface area (Å²) in [7, 11) is 0. The Labute approximate surface area is 162 Å². The fraction of sp³-hybridized carbons (Fsp3) is 0.421. The van der Waals surface area contributed by atoms with Gasteiger partial charge in [0.05, 0.1) is 4.92 Å². The Morgan fingerprint density at radius 1 is 1.11 bits per heavy atom. The van der Waals surface area contributed by atoms with Gasteiger partial charge in [0, 0.05) is 37.4 Å². The van der Waals surface area contributed by atoms with Crippen molar-refractivity contribution in [1.82, 2.24) is 14.7 Å². The molecule has 0 bridgehead atoms. The standard InChI is InChI=1S/C19H23N5O4/c1-13-19(24(27)28)14(2)23(20-13)12-18(26)22-10-8-21(9-11-22)17-6-4-16(5-7-17)15(3)25/h4-7H,8-12H2,1-3H3. The van der Waals surface area contributed by atoms with Crippen LogP contribution in [0.25, 0.3) is 0 Å². The zero-order chi connectivity index (χ0) is 20.4. The van der Waals surface area contributed by atoms with Crippen LogP contribution in [0.2, 0.25) is 0 Å². The molecule has 2 aromatic rings. The number of aryl methyl sites for hydroxylation is 1. The summed E-state index contributed by atoms with van der Waals surface area (Å²) in [6, 6.07) is 7.46. The number of carbonyl (C=O) groups excluding carboxylic acids is 2. The van der Waals surface area contributed by atoms with E-state index in [9.17, 15) is 19.7 Å². The third-order valence-corrected chi connectivity index (χ3v) is 5.08. The van der Waals surface area contributed by atoms with Gasteiger partial charge >= 0.3 is 5.69 Å². The first-order valence-electron chi connectivity index (χ1n) is 9.10. The van der Waals surface area contributed by atoms with Crippen LogP contribution in [-0.4, -0.2) is 57.5 Å². The van der Waals surface area contributed by atoms with E-state index in [4.69, 9.17) is 0 Å². The van der Waals surface area contributed by atoms with Crippen molar-refractivity contribution in [2.75, 3.05) is 31.1 Å². The van der Waals surface area contributed by atoms with Crippen LogP contribution in [0.3, 0.4) is 0 Å². The van der Waals surface area contributed by atoms with E-state index in [1.807, 2.05) is 24.3 Å². The average molecular weight is 385 g/mol. The Bertz CT molecular complexity index is 911. The number of hydrogen-bond donors (Lipinski definition) is 0. The van der Waals surface area contributed by atoms with Crippen molar-refractivity contribution in [2.45, 2.75) is 27.3 Å². The van der Waals surface area contributed by atoms with Crippen LogP contribution in [0, 0.1) is 24.0 Å². The highest BCUT2D eigenvalue weighted by atomic mass is 16.6. The molecule has 0 aliphatic carbocycles. The number of ketones is 1. The summed E-state index contributed by atoms with van der Waals surface area (Å²) in [6.45, 7) is 7.20. The van der Waals surface area contributed by atoms with Crippen molar-refractivity contribution < 1.29 is 14.5 Å². The lowest BCUT2D eigenvalue weighted by molar-refractivity contribution is -0.386. The van der Waals surface area contributed by atoms with Gasteiger partial charge in [-0.25, -0.2) is 0 Å². The van der Waals surface area contributed by atoms with Crippen molar-refractivity contribution in [3.05, 3.63) is 51.3 Å². The molecule has 0 unspecified atom stereocenters. The predicted octanol–water partition coefficient (Wildman–Crippen LogP) is 1.96. The van der Waals surface area contributed by atoms with Crippen LogP contribution >= 0.6 is 0 Å². The van der Waals surface area contributed by atoms with Crippen LogP contribution in [0.4, 0.5) is 11.4 Å². The maximum absolute atomic E-state index is 12.6. The molecule has 0 atom stereocenters. The maximum Gasteiger partial charge on any atom is 0.312 e. The molecule has 148 valence electrons. The Morgan fingerprint density at radius 3 is 2.21 bits per heavy atom. The molecular weight excluding hydrogens is 362 g/mol. The first-order chi connectivity index (χ1) is 13.3. The predicted molar refractivity (Wildman–Crippen MR) is 104 cm³/mol. The monoisotopic (exact) mass is 385 g/mol. The first kappa shape index (κ1) is 19.5. The van der Waals surface area contributed by atoms with Gasteiger partial charge in [-0.15, -0.1) is 0 Å². The molecule has 9 nitrogen and oxygen atoms in total. The zero-order valence-electron chi connectivity index (χ0n) is 16.2. The summed E-state index contributed by atoms with van der Waals surface area (Å²) < 4.78 is 1.41. The third-order valence-electron chi connectivity index (χ3n) is 5.08. The van der Waals surface area contributed by atoms with Gasteiger partial charge in [-0.3, -0.25) is 24.4 Å². The van der Waals surface area contributed by atoms with E-state index >= 15 is 0 Å². The van der Waals surface area contributed by atoms with E-state index in [-0.39, 0.29) is 23.9 Å². The minimum absolute atomic E-state index is 0.00613. The summed E-state index contributed by atoms with van der Waals surface area (Å²) in [5.41, 5.74) is 2.36. The number of anilines is 1. The molecule has 0 spiro atoms. The van der Waals surface area contributed by atoms with Crippen molar-refractivity contribution >= 4 is 23.1 Å². The summed E-state index contributed by atoms with van der Waals surface area (Å²) in [6.07, 6.45) is 0. The lowest BCUT2D eigenvalue weighted by atomic mass is 10.1. The van der Waals surface area contributed by atoms with Gasteiger partial charge in [-0.1, -0.05) is 0 Å². The second kappa shape index (κ2) is 7.79. The molecule has 9 heteroatoms. The number of benzene rings is 1. The minimum Gasteiger partial charge on any atom is -0.368 e. The number of piperazine rings is 1. The fourth-order valence-electron chi connectivity index (χ4n) is 3.45. The van der Waals surface area contributed by atoms with Crippen molar-refractivity contribution in [2.24, 2.45) is 0 Å². The molecule has 1 saturated heterocycles. The van der Waals surface area contributed by atoms with Gasteiger partial charge in [0.2, 0.25) is 5.91 Å². The van der Waals surface area contributed by atoms with E-state index in [0.717, 1.165) is 5.69 Å². The van der Waals surface area contributed by atoms with Gasteiger partial charge in [-0.2, -0.15) is 5.10 Å². The van der Waals surface area contributed by atoms with E-state index in [1.54, 1.807) is 18.7 Å². The number of hydrogen-bond acceptors (Lipinski definition) is 6. The molecule has 2 heterocycles.